The van der Waals surface area contributed by atoms with Crippen LogP contribution in [0.3, 0.4) is 0 Å². The van der Waals surface area contributed by atoms with Gasteiger partial charge in [-0.1, -0.05) is 13.8 Å². The van der Waals surface area contributed by atoms with Crippen LogP contribution in [0.15, 0.2) is 16.9 Å². The van der Waals surface area contributed by atoms with E-state index in [1.165, 1.54) is 0 Å². The summed E-state index contributed by atoms with van der Waals surface area (Å²) < 4.78 is 0.921. The number of rotatable bonds is 5. The van der Waals surface area contributed by atoms with Crippen LogP contribution in [0.5, 0.6) is 0 Å². The summed E-state index contributed by atoms with van der Waals surface area (Å²) in [6.45, 7) is 7.01. The van der Waals surface area contributed by atoms with E-state index in [4.69, 9.17) is 0 Å². The third-order valence-corrected chi connectivity index (χ3v) is 3.61. The fourth-order valence-electron chi connectivity index (χ4n) is 1.70. The predicted octanol–water partition coefficient (Wildman–Crippen LogP) is 3.39. The predicted molar refractivity (Wildman–Crippen MR) is 83.7 cm³/mol. The Hall–Kier alpha value is -1.56. The minimum absolute atomic E-state index is 0.553. The summed E-state index contributed by atoms with van der Waals surface area (Å²) >= 11 is 3.56. The van der Waals surface area contributed by atoms with Crippen molar-refractivity contribution in [2.75, 3.05) is 11.9 Å². The summed E-state index contributed by atoms with van der Waals surface area (Å²) in [5.41, 5.74) is 1.98. The first kappa shape index (κ1) is 14.8. The normalized spacial score (nSPS) is 10.6. The second-order valence-electron chi connectivity index (χ2n) is 4.52. The van der Waals surface area contributed by atoms with E-state index >= 15 is 0 Å². The SMILES string of the molecule is CCCNc1nc(-c2ncc(C)cn2)nc(CC)c1Br. The lowest BCUT2D eigenvalue weighted by Gasteiger charge is -2.11. The van der Waals surface area contributed by atoms with Crippen molar-refractivity contribution in [1.82, 2.24) is 19.9 Å². The van der Waals surface area contributed by atoms with E-state index in [1.54, 1.807) is 12.4 Å². The van der Waals surface area contributed by atoms with Crippen molar-refractivity contribution >= 4 is 21.7 Å². The Kier molecular flexibility index (Phi) is 5.00. The number of anilines is 1. The smallest absolute Gasteiger partial charge is 0.200 e. The first-order valence-corrected chi connectivity index (χ1v) is 7.54. The van der Waals surface area contributed by atoms with E-state index in [0.717, 1.165) is 40.9 Å². The molecule has 0 unspecified atom stereocenters. The van der Waals surface area contributed by atoms with Gasteiger partial charge in [-0.3, -0.25) is 0 Å². The number of hydrogen-bond donors (Lipinski definition) is 1. The van der Waals surface area contributed by atoms with Gasteiger partial charge in [0.2, 0.25) is 0 Å². The first-order chi connectivity index (χ1) is 9.65. The molecule has 0 fully saturated rings. The molecule has 1 N–H and O–H groups in total. The van der Waals surface area contributed by atoms with Crippen LogP contribution >= 0.6 is 15.9 Å². The van der Waals surface area contributed by atoms with Gasteiger partial charge in [0.05, 0.1) is 10.2 Å². The van der Waals surface area contributed by atoms with Gasteiger partial charge in [0.1, 0.15) is 5.82 Å². The molecular weight excluding hydrogens is 318 g/mol. The average molecular weight is 336 g/mol. The van der Waals surface area contributed by atoms with Crippen LogP contribution in [-0.4, -0.2) is 26.5 Å². The topological polar surface area (TPSA) is 63.6 Å². The van der Waals surface area contributed by atoms with Crippen LogP contribution in [0, 0.1) is 6.92 Å². The lowest BCUT2D eigenvalue weighted by atomic mass is 10.3. The van der Waals surface area contributed by atoms with E-state index in [-0.39, 0.29) is 0 Å². The molecule has 0 bridgehead atoms. The van der Waals surface area contributed by atoms with Crippen LogP contribution in [0.4, 0.5) is 5.82 Å². The molecule has 0 aliphatic rings. The van der Waals surface area contributed by atoms with Crippen molar-refractivity contribution in [3.8, 4) is 11.6 Å². The fourth-order valence-corrected chi connectivity index (χ4v) is 2.29. The van der Waals surface area contributed by atoms with Crippen molar-refractivity contribution in [1.29, 1.82) is 0 Å². The second kappa shape index (κ2) is 6.74. The molecule has 0 aliphatic carbocycles. The minimum Gasteiger partial charge on any atom is -0.369 e. The summed E-state index contributed by atoms with van der Waals surface area (Å²) in [6, 6.07) is 0. The highest BCUT2D eigenvalue weighted by atomic mass is 79.9. The van der Waals surface area contributed by atoms with Crippen molar-refractivity contribution in [2.24, 2.45) is 0 Å². The first-order valence-electron chi connectivity index (χ1n) is 6.75. The third-order valence-electron chi connectivity index (χ3n) is 2.78. The molecule has 0 atom stereocenters. The molecule has 0 aliphatic heterocycles. The van der Waals surface area contributed by atoms with Crippen molar-refractivity contribution in [2.45, 2.75) is 33.6 Å². The summed E-state index contributed by atoms with van der Waals surface area (Å²) in [5.74, 6) is 1.92. The number of aryl methyl sites for hydroxylation is 2. The quantitative estimate of drug-likeness (QED) is 0.907. The standard InChI is InChI=1S/C14H18BrN5/c1-4-6-16-12-11(15)10(5-2)19-14(20-12)13-17-7-9(3)8-18-13/h7-8H,4-6H2,1-3H3,(H,16,19,20). The lowest BCUT2D eigenvalue weighted by Crippen LogP contribution is -2.08. The number of hydrogen-bond acceptors (Lipinski definition) is 5. The van der Waals surface area contributed by atoms with Gasteiger partial charge < -0.3 is 5.32 Å². The van der Waals surface area contributed by atoms with Crippen molar-refractivity contribution in [3.63, 3.8) is 0 Å². The van der Waals surface area contributed by atoms with Gasteiger partial charge in [-0.05, 0) is 41.3 Å². The Morgan fingerprint density at radius 3 is 2.40 bits per heavy atom. The van der Waals surface area contributed by atoms with Gasteiger partial charge in [0, 0.05) is 18.9 Å². The number of nitrogens with zero attached hydrogens (tertiary/aromatic N) is 4. The second-order valence-corrected chi connectivity index (χ2v) is 5.31. The molecule has 2 aromatic heterocycles. The summed E-state index contributed by atoms with van der Waals surface area (Å²) in [5, 5.41) is 3.31. The van der Waals surface area contributed by atoms with Crippen LogP contribution in [-0.2, 0) is 6.42 Å². The van der Waals surface area contributed by atoms with E-state index in [1.807, 2.05) is 6.92 Å². The summed E-state index contributed by atoms with van der Waals surface area (Å²) in [4.78, 5) is 17.7. The van der Waals surface area contributed by atoms with Gasteiger partial charge in [0.25, 0.3) is 0 Å². The van der Waals surface area contributed by atoms with Crippen LogP contribution in [0.1, 0.15) is 31.5 Å². The fraction of sp³-hybridized carbons (Fsp3) is 0.429. The van der Waals surface area contributed by atoms with E-state index in [2.05, 4.69) is 55.0 Å². The molecule has 20 heavy (non-hydrogen) atoms. The molecule has 0 radical (unpaired) electrons. The highest BCUT2D eigenvalue weighted by Crippen LogP contribution is 2.26. The lowest BCUT2D eigenvalue weighted by molar-refractivity contribution is 0.935. The molecule has 0 saturated heterocycles. The van der Waals surface area contributed by atoms with Gasteiger partial charge in [-0.2, -0.15) is 0 Å². The Morgan fingerprint density at radius 1 is 1.10 bits per heavy atom. The van der Waals surface area contributed by atoms with Gasteiger partial charge in [-0.25, -0.2) is 19.9 Å². The summed E-state index contributed by atoms with van der Waals surface area (Å²) in [7, 11) is 0. The van der Waals surface area contributed by atoms with E-state index < -0.39 is 0 Å². The Labute approximate surface area is 127 Å². The molecule has 5 nitrogen and oxygen atoms in total. The Balaban J connectivity index is 2.44. The number of nitrogens with one attached hydrogen (secondary N) is 1. The third kappa shape index (κ3) is 3.30. The monoisotopic (exact) mass is 335 g/mol. The van der Waals surface area contributed by atoms with Gasteiger partial charge in [-0.15, -0.1) is 0 Å². The molecule has 2 aromatic rings. The molecular formula is C14H18BrN5. The number of aromatic nitrogens is 4. The molecule has 0 spiro atoms. The molecule has 2 heterocycles. The van der Waals surface area contributed by atoms with E-state index in [0.29, 0.717) is 11.6 Å². The molecule has 106 valence electrons. The molecule has 0 aromatic carbocycles. The molecule has 0 amide bonds. The zero-order valence-electron chi connectivity index (χ0n) is 11.9. The van der Waals surface area contributed by atoms with Gasteiger partial charge in [0.15, 0.2) is 11.6 Å². The van der Waals surface area contributed by atoms with Crippen molar-refractivity contribution < 1.29 is 0 Å². The Morgan fingerprint density at radius 2 is 1.80 bits per heavy atom. The molecule has 2 rings (SSSR count). The van der Waals surface area contributed by atoms with Crippen LogP contribution < -0.4 is 5.32 Å². The van der Waals surface area contributed by atoms with Crippen LogP contribution in [0.2, 0.25) is 0 Å². The Bertz CT molecular complexity index is 583. The molecule has 0 saturated carbocycles. The maximum absolute atomic E-state index is 4.54. The van der Waals surface area contributed by atoms with E-state index in [9.17, 15) is 0 Å². The highest BCUT2D eigenvalue weighted by Gasteiger charge is 2.13. The maximum Gasteiger partial charge on any atom is 0.200 e. The van der Waals surface area contributed by atoms with Crippen molar-refractivity contribution in [3.05, 3.63) is 28.1 Å². The average Bonchev–Trinajstić information content (AvgIpc) is 2.47. The zero-order chi connectivity index (χ0) is 14.5. The maximum atomic E-state index is 4.54. The minimum atomic E-state index is 0.553. The number of halogens is 1. The largest absolute Gasteiger partial charge is 0.369 e. The molecule has 6 heteroatoms. The highest BCUT2D eigenvalue weighted by molar-refractivity contribution is 9.10. The summed E-state index contributed by atoms with van der Waals surface area (Å²) in [6.07, 6.45) is 5.41. The van der Waals surface area contributed by atoms with Gasteiger partial charge >= 0.3 is 0 Å². The van der Waals surface area contributed by atoms with Crippen LogP contribution in [0.25, 0.3) is 11.6 Å². The zero-order valence-corrected chi connectivity index (χ0v) is 13.5.